The van der Waals surface area contributed by atoms with E-state index in [1.165, 1.54) is 12.4 Å². The van der Waals surface area contributed by atoms with Gasteiger partial charge in [0.05, 0.1) is 5.39 Å². The lowest BCUT2D eigenvalue weighted by Gasteiger charge is -2.10. The molecule has 0 aliphatic rings. The first kappa shape index (κ1) is 16.3. The Morgan fingerprint density at radius 3 is 2.75 bits per heavy atom. The summed E-state index contributed by atoms with van der Waals surface area (Å²) in [7, 11) is 0. The molecule has 0 unspecified atom stereocenters. The first-order valence-corrected chi connectivity index (χ1v) is 8.02. The summed E-state index contributed by atoms with van der Waals surface area (Å²) in [4.78, 5) is 32.5. The lowest BCUT2D eigenvalue weighted by atomic mass is 10.1. The van der Waals surface area contributed by atoms with Gasteiger partial charge in [-0.3, -0.25) is 14.9 Å². The van der Waals surface area contributed by atoms with Crippen molar-refractivity contribution in [3.8, 4) is 0 Å². The van der Waals surface area contributed by atoms with Crippen molar-refractivity contribution in [1.82, 2.24) is 19.7 Å². The second kappa shape index (κ2) is 6.52. The molecule has 0 aromatic carbocycles. The Kier molecular flexibility index (Phi) is 4.43. The molecule has 0 saturated carbocycles. The van der Waals surface area contributed by atoms with E-state index in [9.17, 15) is 9.59 Å². The van der Waals surface area contributed by atoms with Crippen molar-refractivity contribution >= 4 is 38.8 Å². The number of carbonyl (C=O) groups is 1. The minimum absolute atomic E-state index is 0.0258. The number of rotatable bonds is 4. The zero-order valence-corrected chi connectivity index (χ0v) is 14.6. The van der Waals surface area contributed by atoms with Gasteiger partial charge in [-0.1, -0.05) is 13.8 Å². The summed E-state index contributed by atoms with van der Waals surface area (Å²) in [6.45, 7) is 3.63. The summed E-state index contributed by atoms with van der Waals surface area (Å²) in [5, 5.41) is 7.19. The second-order valence-corrected chi connectivity index (χ2v) is 6.20. The maximum absolute atomic E-state index is 12.5. The van der Waals surface area contributed by atoms with Crippen LogP contribution >= 0.6 is 15.9 Å². The van der Waals surface area contributed by atoms with E-state index in [4.69, 9.17) is 4.42 Å². The molecule has 3 aromatic heterocycles. The molecule has 0 aliphatic heterocycles. The average molecular weight is 392 g/mol. The molecule has 1 N–H and O–H groups in total. The fraction of sp³-hybridized carbons (Fsp3) is 0.267. The molecule has 3 aromatic rings. The summed E-state index contributed by atoms with van der Waals surface area (Å²) in [5.74, 6) is -0.239. The van der Waals surface area contributed by atoms with E-state index >= 15 is 0 Å². The van der Waals surface area contributed by atoms with Crippen molar-refractivity contribution in [3.05, 3.63) is 45.2 Å². The van der Waals surface area contributed by atoms with Crippen LogP contribution in [0.1, 0.15) is 25.5 Å². The third-order valence-electron chi connectivity index (χ3n) is 3.29. The zero-order valence-electron chi connectivity index (χ0n) is 13.0. The van der Waals surface area contributed by atoms with Crippen molar-refractivity contribution in [2.45, 2.75) is 26.3 Å². The van der Waals surface area contributed by atoms with E-state index < -0.39 is 11.5 Å². The largest absolute Gasteiger partial charge is 0.447 e. The number of amides is 1. The molecule has 0 atom stereocenters. The number of fused-ring (bicyclic) bond motifs is 1. The van der Waals surface area contributed by atoms with Crippen LogP contribution in [0.15, 0.2) is 38.4 Å². The SMILES string of the molecule is CC(C)c1nn(CC(=O)Nc2ncccn2)c(=O)c2cc(Br)oc12. The molecule has 1 amide bonds. The molecule has 124 valence electrons. The van der Waals surface area contributed by atoms with Gasteiger partial charge in [0.1, 0.15) is 12.2 Å². The summed E-state index contributed by atoms with van der Waals surface area (Å²) in [6.07, 6.45) is 3.03. The summed E-state index contributed by atoms with van der Waals surface area (Å²) < 4.78 is 7.08. The number of anilines is 1. The number of nitrogens with one attached hydrogen (secondary N) is 1. The Morgan fingerprint density at radius 2 is 2.08 bits per heavy atom. The summed E-state index contributed by atoms with van der Waals surface area (Å²) in [6, 6.07) is 3.22. The molecule has 8 nitrogen and oxygen atoms in total. The molecule has 0 radical (unpaired) electrons. The summed E-state index contributed by atoms with van der Waals surface area (Å²) in [5.41, 5.74) is 0.650. The monoisotopic (exact) mass is 391 g/mol. The van der Waals surface area contributed by atoms with Gasteiger partial charge in [0.25, 0.3) is 5.56 Å². The Morgan fingerprint density at radius 1 is 1.38 bits per heavy atom. The molecule has 0 saturated heterocycles. The maximum Gasteiger partial charge on any atom is 0.278 e. The number of carbonyl (C=O) groups excluding carboxylic acids is 1. The van der Waals surface area contributed by atoms with E-state index in [1.807, 2.05) is 13.8 Å². The maximum atomic E-state index is 12.5. The number of nitrogens with zero attached hydrogens (tertiary/aromatic N) is 4. The topological polar surface area (TPSA) is 103 Å². The van der Waals surface area contributed by atoms with Crippen LogP contribution in [0.5, 0.6) is 0 Å². The van der Waals surface area contributed by atoms with Crippen LogP contribution in [0.2, 0.25) is 0 Å². The fourth-order valence-corrected chi connectivity index (χ4v) is 2.61. The molecule has 0 fully saturated rings. The minimum Gasteiger partial charge on any atom is -0.447 e. The fourth-order valence-electron chi connectivity index (χ4n) is 2.22. The van der Waals surface area contributed by atoms with Gasteiger partial charge < -0.3 is 4.42 Å². The highest BCUT2D eigenvalue weighted by atomic mass is 79.9. The Balaban J connectivity index is 1.96. The van der Waals surface area contributed by atoms with Gasteiger partial charge in [0.15, 0.2) is 10.3 Å². The first-order valence-electron chi connectivity index (χ1n) is 7.22. The van der Waals surface area contributed by atoms with Crippen LogP contribution in [0.25, 0.3) is 11.0 Å². The van der Waals surface area contributed by atoms with Crippen LogP contribution in [-0.4, -0.2) is 25.7 Å². The molecule has 9 heteroatoms. The van der Waals surface area contributed by atoms with Gasteiger partial charge in [-0.15, -0.1) is 0 Å². The van der Waals surface area contributed by atoms with Gasteiger partial charge in [-0.25, -0.2) is 14.6 Å². The Bertz CT molecular complexity index is 949. The number of furan rings is 1. The molecular weight excluding hydrogens is 378 g/mol. The molecule has 24 heavy (non-hydrogen) atoms. The molecule has 0 spiro atoms. The number of halogens is 1. The van der Waals surface area contributed by atoms with E-state index in [0.29, 0.717) is 21.3 Å². The lowest BCUT2D eigenvalue weighted by Crippen LogP contribution is -2.31. The predicted molar refractivity (Wildman–Crippen MR) is 90.7 cm³/mol. The third kappa shape index (κ3) is 3.21. The van der Waals surface area contributed by atoms with E-state index in [-0.39, 0.29) is 18.4 Å². The van der Waals surface area contributed by atoms with Crippen LogP contribution in [0.4, 0.5) is 5.95 Å². The normalized spacial score (nSPS) is 11.2. The van der Waals surface area contributed by atoms with E-state index in [0.717, 1.165) is 4.68 Å². The standard InChI is InChI=1S/C15H14BrN5O3/c1-8(2)12-13-9(6-10(16)24-13)14(23)21(20-12)7-11(22)19-15-17-4-3-5-18-15/h3-6,8H,7H2,1-2H3,(H,17,18,19,22). The quantitative estimate of drug-likeness (QED) is 0.731. The zero-order chi connectivity index (χ0) is 17.3. The highest BCUT2D eigenvalue weighted by molar-refractivity contribution is 9.10. The molecular formula is C15H14BrN5O3. The predicted octanol–water partition coefficient (Wildman–Crippen LogP) is 2.30. The van der Waals surface area contributed by atoms with E-state index in [2.05, 4.69) is 36.3 Å². The van der Waals surface area contributed by atoms with Crippen molar-refractivity contribution in [3.63, 3.8) is 0 Å². The lowest BCUT2D eigenvalue weighted by molar-refractivity contribution is -0.117. The van der Waals surface area contributed by atoms with Gasteiger partial charge in [-0.2, -0.15) is 5.10 Å². The van der Waals surface area contributed by atoms with Crippen molar-refractivity contribution in [1.29, 1.82) is 0 Å². The molecule has 0 aliphatic carbocycles. The van der Waals surface area contributed by atoms with Gasteiger partial charge in [0.2, 0.25) is 11.9 Å². The van der Waals surface area contributed by atoms with Gasteiger partial charge in [-0.05, 0) is 22.0 Å². The summed E-state index contributed by atoms with van der Waals surface area (Å²) >= 11 is 3.22. The van der Waals surface area contributed by atoms with Crippen molar-refractivity contribution in [2.24, 2.45) is 0 Å². The van der Waals surface area contributed by atoms with Gasteiger partial charge >= 0.3 is 0 Å². The van der Waals surface area contributed by atoms with Gasteiger partial charge in [0, 0.05) is 24.4 Å². The number of hydrogen-bond donors (Lipinski definition) is 1. The first-order chi connectivity index (χ1) is 11.5. The molecule has 3 rings (SSSR count). The van der Waals surface area contributed by atoms with E-state index in [1.54, 1.807) is 12.1 Å². The number of aromatic nitrogens is 4. The minimum atomic E-state index is -0.438. The smallest absolute Gasteiger partial charge is 0.278 e. The third-order valence-corrected chi connectivity index (χ3v) is 3.68. The van der Waals surface area contributed by atoms with Crippen LogP contribution in [0.3, 0.4) is 0 Å². The molecule has 0 bridgehead atoms. The van der Waals surface area contributed by atoms with Crippen LogP contribution in [0, 0.1) is 0 Å². The van der Waals surface area contributed by atoms with Crippen molar-refractivity contribution in [2.75, 3.05) is 5.32 Å². The number of hydrogen-bond acceptors (Lipinski definition) is 6. The highest BCUT2D eigenvalue weighted by Crippen LogP contribution is 2.26. The Hall–Kier alpha value is -2.55. The van der Waals surface area contributed by atoms with Crippen LogP contribution in [-0.2, 0) is 11.3 Å². The molecule has 3 heterocycles. The second-order valence-electron chi connectivity index (χ2n) is 5.42. The van der Waals surface area contributed by atoms with Crippen molar-refractivity contribution < 1.29 is 9.21 Å². The van der Waals surface area contributed by atoms with Crippen LogP contribution < -0.4 is 10.9 Å². The highest BCUT2D eigenvalue weighted by Gasteiger charge is 2.19. The average Bonchev–Trinajstić information content (AvgIpc) is 2.92. The Labute approximate surface area is 145 Å².